The molecule has 1 N–H and O–H groups in total. The molecule has 29 heavy (non-hydrogen) atoms. The number of aliphatic imine (C=N–C) groups is 1. The number of nitrogens with zero attached hydrogens (tertiary/aromatic N) is 2. The molecule has 0 saturated heterocycles. The van der Waals surface area contributed by atoms with Gasteiger partial charge in [0.2, 0.25) is 11.8 Å². The van der Waals surface area contributed by atoms with E-state index in [1.807, 2.05) is 26.0 Å². The van der Waals surface area contributed by atoms with E-state index >= 15 is 0 Å². The molecule has 2 aliphatic rings. The molecule has 2 aromatic carbocycles. The lowest BCUT2D eigenvalue weighted by atomic mass is 10.0. The van der Waals surface area contributed by atoms with E-state index in [1.54, 1.807) is 0 Å². The van der Waals surface area contributed by atoms with Crippen LogP contribution in [0.25, 0.3) is 0 Å². The Hall–Kier alpha value is -3.09. The van der Waals surface area contributed by atoms with E-state index in [0.717, 1.165) is 41.8 Å². The van der Waals surface area contributed by atoms with Gasteiger partial charge in [0.25, 0.3) is 0 Å². The van der Waals surface area contributed by atoms with Crippen molar-refractivity contribution in [3.05, 3.63) is 53.1 Å². The summed E-state index contributed by atoms with van der Waals surface area (Å²) in [6.45, 7) is 3.64. The molecule has 0 bridgehead atoms. The van der Waals surface area contributed by atoms with E-state index < -0.39 is 17.5 Å². The molecule has 2 aromatic rings. The number of hydrogen-bond donors (Lipinski definition) is 1. The number of anilines is 2. The first kappa shape index (κ1) is 19.2. The summed E-state index contributed by atoms with van der Waals surface area (Å²) < 4.78 is 27.0. The highest BCUT2D eigenvalue weighted by Crippen LogP contribution is 2.39. The number of aryl methyl sites for hydroxylation is 2. The monoisotopic (exact) mass is 397 g/mol. The van der Waals surface area contributed by atoms with Crippen LogP contribution in [-0.2, 0) is 9.59 Å². The van der Waals surface area contributed by atoms with Crippen LogP contribution in [-0.4, -0.2) is 24.1 Å². The Morgan fingerprint density at radius 3 is 2.72 bits per heavy atom. The van der Waals surface area contributed by atoms with Crippen LogP contribution >= 0.6 is 0 Å². The third-order valence-corrected chi connectivity index (χ3v) is 5.54. The van der Waals surface area contributed by atoms with E-state index in [4.69, 9.17) is 4.99 Å². The lowest BCUT2D eigenvalue weighted by Crippen LogP contribution is -2.42. The molecular formula is C22H21F2N3O2. The number of halogens is 2. The highest BCUT2D eigenvalue weighted by atomic mass is 19.1. The van der Waals surface area contributed by atoms with Gasteiger partial charge in [-0.15, -0.1) is 0 Å². The van der Waals surface area contributed by atoms with E-state index in [-0.39, 0.29) is 24.1 Å². The minimum absolute atomic E-state index is 0.128. The molecule has 1 unspecified atom stereocenters. The first-order chi connectivity index (χ1) is 13.8. The van der Waals surface area contributed by atoms with Crippen molar-refractivity contribution in [3.63, 3.8) is 0 Å². The predicted molar refractivity (Wildman–Crippen MR) is 108 cm³/mol. The summed E-state index contributed by atoms with van der Waals surface area (Å²) in [5.74, 6) is -2.66. The van der Waals surface area contributed by atoms with Crippen LogP contribution in [0.1, 0.15) is 30.4 Å². The third-order valence-electron chi connectivity index (χ3n) is 5.54. The molecule has 5 nitrogen and oxygen atoms in total. The SMILES string of the molecule is Cc1cc2c(cc1C)N(CC(=O)Nc1ccc(F)cc1F)C(=O)C1CCCC1=N2. The summed E-state index contributed by atoms with van der Waals surface area (Å²) in [6, 6.07) is 6.71. The molecule has 1 saturated carbocycles. The smallest absolute Gasteiger partial charge is 0.244 e. The Morgan fingerprint density at radius 1 is 1.21 bits per heavy atom. The number of benzene rings is 2. The van der Waals surface area contributed by atoms with Crippen LogP contribution in [0, 0.1) is 31.4 Å². The molecule has 7 heteroatoms. The number of rotatable bonds is 3. The number of hydrogen-bond acceptors (Lipinski definition) is 3. The van der Waals surface area contributed by atoms with Gasteiger partial charge in [-0.2, -0.15) is 0 Å². The fourth-order valence-electron chi connectivity index (χ4n) is 3.87. The van der Waals surface area contributed by atoms with Crippen molar-refractivity contribution in [2.24, 2.45) is 10.9 Å². The Kier molecular flexibility index (Phi) is 4.90. The van der Waals surface area contributed by atoms with Crippen molar-refractivity contribution >= 4 is 34.6 Å². The minimum Gasteiger partial charge on any atom is -0.322 e. The van der Waals surface area contributed by atoms with Crippen molar-refractivity contribution in [2.45, 2.75) is 33.1 Å². The molecule has 1 aliphatic carbocycles. The van der Waals surface area contributed by atoms with Crippen LogP contribution in [0.5, 0.6) is 0 Å². The quantitative estimate of drug-likeness (QED) is 0.832. The summed E-state index contributed by atoms with van der Waals surface area (Å²) in [6.07, 6.45) is 2.36. The van der Waals surface area contributed by atoms with Gasteiger partial charge in [0.05, 0.1) is 23.0 Å². The third kappa shape index (κ3) is 3.64. The van der Waals surface area contributed by atoms with Gasteiger partial charge < -0.3 is 10.2 Å². The van der Waals surface area contributed by atoms with Crippen molar-refractivity contribution in [1.82, 2.24) is 0 Å². The average molecular weight is 397 g/mol. The van der Waals surface area contributed by atoms with Crippen LogP contribution in [0.4, 0.5) is 25.8 Å². The van der Waals surface area contributed by atoms with Gasteiger partial charge in [-0.05, 0) is 68.5 Å². The molecule has 1 fully saturated rings. The van der Waals surface area contributed by atoms with Crippen LogP contribution in [0.3, 0.4) is 0 Å². The Balaban J connectivity index is 1.66. The van der Waals surface area contributed by atoms with Crippen molar-refractivity contribution in [2.75, 3.05) is 16.8 Å². The minimum atomic E-state index is -0.867. The molecule has 150 valence electrons. The number of carbonyl (C=O) groups excluding carboxylic acids is 2. The fraction of sp³-hybridized carbons (Fsp3) is 0.318. The van der Waals surface area contributed by atoms with Crippen molar-refractivity contribution in [1.29, 1.82) is 0 Å². The lowest BCUT2D eigenvalue weighted by Gasteiger charge is -2.25. The molecule has 0 spiro atoms. The zero-order valence-electron chi connectivity index (χ0n) is 16.3. The summed E-state index contributed by atoms with van der Waals surface area (Å²) in [5.41, 5.74) is 4.01. The van der Waals surface area contributed by atoms with E-state index in [0.29, 0.717) is 23.9 Å². The molecule has 0 aromatic heterocycles. The number of nitrogens with one attached hydrogen (secondary N) is 1. The van der Waals surface area contributed by atoms with Gasteiger partial charge in [-0.3, -0.25) is 14.6 Å². The zero-order valence-corrected chi connectivity index (χ0v) is 16.3. The summed E-state index contributed by atoms with van der Waals surface area (Å²) in [7, 11) is 0. The highest BCUT2D eigenvalue weighted by Gasteiger charge is 2.37. The number of fused-ring (bicyclic) bond motifs is 2. The normalized spacial score (nSPS) is 18.1. The molecule has 2 amide bonds. The summed E-state index contributed by atoms with van der Waals surface area (Å²) in [5, 5.41) is 2.43. The van der Waals surface area contributed by atoms with Crippen LogP contribution < -0.4 is 10.2 Å². The van der Waals surface area contributed by atoms with Gasteiger partial charge in [-0.1, -0.05) is 0 Å². The topological polar surface area (TPSA) is 61.8 Å². The maximum atomic E-state index is 13.9. The first-order valence-electron chi connectivity index (χ1n) is 9.58. The van der Waals surface area contributed by atoms with E-state index in [9.17, 15) is 18.4 Å². The average Bonchev–Trinajstić information content (AvgIpc) is 3.09. The summed E-state index contributed by atoms with van der Waals surface area (Å²) in [4.78, 5) is 32.0. The Labute approximate surface area is 167 Å². The molecule has 0 radical (unpaired) electrons. The summed E-state index contributed by atoms with van der Waals surface area (Å²) >= 11 is 0. The molecule has 1 atom stereocenters. The largest absolute Gasteiger partial charge is 0.322 e. The van der Waals surface area contributed by atoms with Gasteiger partial charge >= 0.3 is 0 Å². The second-order valence-electron chi connectivity index (χ2n) is 7.57. The fourth-order valence-corrected chi connectivity index (χ4v) is 3.87. The standard InChI is InChI=1S/C22H21F2N3O2/c1-12-8-19-20(9-13(12)2)27(22(29)15-4-3-5-17(15)25-19)11-21(28)26-18-7-6-14(23)10-16(18)24/h6-10,15H,3-5,11H2,1-2H3,(H,26,28). The Bertz CT molecular complexity index is 1050. The predicted octanol–water partition coefficient (Wildman–Crippen LogP) is 4.44. The zero-order chi connectivity index (χ0) is 20.7. The van der Waals surface area contributed by atoms with Gasteiger partial charge in [0.15, 0.2) is 0 Å². The lowest BCUT2D eigenvalue weighted by molar-refractivity contribution is -0.123. The Morgan fingerprint density at radius 2 is 1.97 bits per heavy atom. The second kappa shape index (κ2) is 7.39. The van der Waals surface area contributed by atoms with Gasteiger partial charge in [-0.25, -0.2) is 8.78 Å². The number of amides is 2. The highest BCUT2D eigenvalue weighted by molar-refractivity contribution is 6.16. The molecule has 4 rings (SSSR count). The van der Waals surface area contributed by atoms with Crippen molar-refractivity contribution < 1.29 is 18.4 Å². The molecular weight excluding hydrogens is 376 g/mol. The van der Waals surface area contributed by atoms with E-state index in [1.165, 1.54) is 4.90 Å². The second-order valence-corrected chi connectivity index (χ2v) is 7.57. The molecule has 1 aliphatic heterocycles. The molecule has 1 heterocycles. The van der Waals surface area contributed by atoms with Crippen LogP contribution in [0.2, 0.25) is 0 Å². The van der Waals surface area contributed by atoms with Crippen molar-refractivity contribution in [3.8, 4) is 0 Å². The number of carbonyl (C=O) groups is 2. The van der Waals surface area contributed by atoms with Gasteiger partial charge in [0.1, 0.15) is 18.2 Å². The first-order valence-corrected chi connectivity index (χ1v) is 9.58. The van der Waals surface area contributed by atoms with Gasteiger partial charge in [0, 0.05) is 11.8 Å². The maximum absolute atomic E-state index is 13.9. The van der Waals surface area contributed by atoms with E-state index in [2.05, 4.69) is 5.32 Å². The van der Waals surface area contributed by atoms with Crippen LogP contribution in [0.15, 0.2) is 35.3 Å². The maximum Gasteiger partial charge on any atom is 0.244 e.